The molecule has 24 heavy (non-hydrogen) atoms. The molecule has 0 bridgehead atoms. The Bertz CT molecular complexity index is 362. The highest BCUT2D eigenvalue weighted by molar-refractivity contribution is 4.83. The van der Waals surface area contributed by atoms with Crippen molar-refractivity contribution in [3.8, 4) is 0 Å². The molecule has 2 aliphatic heterocycles. The maximum atomic E-state index is 10.0. The molecule has 0 aromatic carbocycles. The van der Waals surface area contributed by atoms with Gasteiger partial charge in [-0.3, -0.25) is 0 Å². The maximum absolute atomic E-state index is 10.0. The maximum Gasteiger partial charge on any atom is 0.165 e. The number of hydrogen-bond donors (Lipinski definition) is 2. The van der Waals surface area contributed by atoms with Crippen molar-refractivity contribution in [2.24, 2.45) is 5.41 Å². The monoisotopic (exact) mass is 341 g/mol. The molecular weight excluding hydrogens is 302 g/mol. The van der Waals surface area contributed by atoms with Crippen LogP contribution in [0.15, 0.2) is 0 Å². The number of hydrogen-bond acceptors (Lipinski definition) is 4. The summed E-state index contributed by atoms with van der Waals surface area (Å²) in [5, 5.41) is 13.8. The van der Waals surface area contributed by atoms with Crippen molar-refractivity contribution >= 4 is 0 Å². The first-order valence-electron chi connectivity index (χ1n) is 10.0. The van der Waals surface area contributed by atoms with E-state index in [1.807, 2.05) is 0 Å². The number of aliphatic hydroxyl groups excluding tert-OH is 1. The Morgan fingerprint density at radius 1 is 1.12 bits per heavy atom. The van der Waals surface area contributed by atoms with Crippen LogP contribution in [0.4, 0.5) is 0 Å². The summed E-state index contributed by atoms with van der Waals surface area (Å²) in [4.78, 5) is 0. The van der Waals surface area contributed by atoms with Gasteiger partial charge in [-0.15, -0.1) is 0 Å². The number of piperidine rings is 1. The average molecular weight is 342 g/mol. The summed E-state index contributed by atoms with van der Waals surface area (Å²) in [7, 11) is 0. The molecule has 0 radical (unpaired) electrons. The highest BCUT2D eigenvalue weighted by atomic mass is 16.7. The van der Waals surface area contributed by atoms with Crippen LogP contribution >= 0.6 is 0 Å². The van der Waals surface area contributed by atoms with Gasteiger partial charge in [0.1, 0.15) is 0 Å². The number of nitrogens with one attached hydrogen (secondary N) is 1. The summed E-state index contributed by atoms with van der Waals surface area (Å²) < 4.78 is 12.0. The molecule has 3 atom stereocenters. The van der Waals surface area contributed by atoms with Gasteiger partial charge in [0.2, 0.25) is 0 Å². The van der Waals surface area contributed by atoms with E-state index >= 15 is 0 Å². The first-order valence-corrected chi connectivity index (χ1v) is 10.0. The normalized spacial score (nSPS) is 30.9. The van der Waals surface area contributed by atoms with Crippen molar-refractivity contribution in [2.75, 3.05) is 13.2 Å². The van der Waals surface area contributed by atoms with Crippen LogP contribution < -0.4 is 5.32 Å². The fraction of sp³-hybridized carbons (Fsp3) is 1.00. The predicted molar refractivity (Wildman–Crippen MR) is 98.0 cm³/mol. The number of aliphatic hydroxyl groups is 1. The lowest BCUT2D eigenvalue weighted by Crippen LogP contribution is -2.46. The summed E-state index contributed by atoms with van der Waals surface area (Å²) in [6.45, 7) is 10.2. The second-order valence-corrected chi connectivity index (χ2v) is 8.94. The second kappa shape index (κ2) is 8.98. The minimum atomic E-state index is -0.402. The van der Waals surface area contributed by atoms with E-state index in [9.17, 15) is 5.11 Å². The van der Waals surface area contributed by atoms with Gasteiger partial charge in [-0.25, -0.2) is 0 Å². The molecule has 2 aliphatic rings. The van der Waals surface area contributed by atoms with Gasteiger partial charge in [-0.2, -0.15) is 0 Å². The third-order valence-corrected chi connectivity index (χ3v) is 5.48. The summed E-state index contributed by atoms with van der Waals surface area (Å²) in [5.74, 6) is -0.402. The molecule has 4 heteroatoms. The van der Waals surface area contributed by atoms with Crippen LogP contribution in [0.25, 0.3) is 0 Å². The zero-order valence-corrected chi connectivity index (χ0v) is 16.3. The minimum absolute atomic E-state index is 0.136. The van der Waals surface area contributed by atoms with Crippen molar-refractivity contribution in [1.29, 1.82) is 0 Å². The van der Waals surface area contributed by atoms with E-state index in [1.165, 1.54) is 25.7 Å². The molecule has 2 saturated heterocycles. The van der Waals surface area contributed by atoms with Crippen LogP contribution in [-0.4, -0.2) is 42.3 Å². The van der Waals surface area contributed by atoms with E-state index in [2.05, 4.69) is 33.0 Å². The van der Waals surface area contributed by atoms with Gasteiger partial charge in [-0.05, 0) is 45.4 Å². The molecule has 2 N–H and O–H groups in total. The first-order chi connectivity index (χ1) is 11.3. The molecule has 142 valence electrons. The topological polar surface area (TPSA) is 50.7 Å². The number of ether oxygens (including phenoxy) is 2. The summed E-state index contributed by atoms with van der Waals surface area (Å²) in [6, 6.07) is 1.07. The van der Waals surface area contributed by atoms with Crippen LogP contribution in [0, 0.1) is 5.41 Å². The summed E-state index contributed by atoms with van der Waals surface area (Å²) in [5.41, 5.74) is 0.136. The Hall–Kier alpha value is -0.160. The van der Waals surface area contributed by atoms with Crippen LogP contribution in [0.5, 0.6) is 0 Å². The third-order valence-electron chi connectivity index (χ3n) is 5.48. The molecular formula is C20H39NO3. The van der Waals surface area contributed by atoms with Crippen molar-refractivity contribution in [3.63, 3.8) is 0 Å². The summed E-state index contributed by atoms with van der Waals surface area (Å²) >= 11 is 0. The van der Waals surface area contributed by atoms with Gasteiger partial charge in [0.15, 0.2) is 5.79 Å². The Labute approximate surface area is 148 Å². The van der Waals surface area contributed by atoms with Gasteiger partial charge in [0.25, 0.3) is 0 Å². The Morgan fingerprint density at radius 3 is 2.46 bits per heavy atom. The van der Waals surface area contributed by atoms with Crippen LogP contribution in [-0.2, 0) is 9.47 Å². The number of rotatable bonds is 8. The molecule has 2 fully saturated rings. The van der Waals surface area contributed by atoms with Crippen molar-refractivity contribution in [2.45, 2.75) is 109 Å². The lowest BCUT2D eigenvalue weighted by atomic mass is 9.90. The molecule has 4 nitrogen and oxygen atoms in total. The molecule has 0 saturated carbocycles. The van der Waals surface area contributed by atoms with Gasteiger partial charge >= 0.3 is 0 Å². The Balaban J connectivity index is 1.66. The standard InChI is InChI=1S/C20H39NO3/c1-5-8-18(22)13-17-10-6-9-16(21-17)11-7-12-20(4)23-14-19(2,3)15-24-20/h16-18,21-22H,5-15H2,1-4H3/t16-,17-,18+/m0/s1. The smallest absolute Gasteiger partial charge is 0.165 e. The van der Waals surface area contributed by atoms with Crippen molar-refractivity contribution in [1.82, 2.24) is 5.32 Å². The molecule has 2 rings (SSSR count). The fourth-order valence-corrected chi connectivity index (χ4v) is 3.90. The highest BCUT2D eigenvalue weighted by Gasteiger charge is 2.36. The lowest BCUT2D eigenvalue weighted by molar-refractivity contribution is -0.292. The van der Waals surface area contributed by atoms with E-state index in [0.29, 0.717) is 12.1 Å². The first kappa shape index (κ1) is 20.2. The molecule has 0 amide bonds. The molecule has 0 spiro atoms. The van der Waals surface area contributed by atoms with Crippen molar-refractivity contribution in [3.05, 3.63) is 0 Å². The predicted octanol–water partition coefficient (Wildman–Crippen LogP) is 4.01. The lowest BCUT2D eigenvalue weighted by Gasteiger charge is -2.42. The zero-order valence-electron chi connectivity index (χ0n) is 16.3. The molecule has 0 aromatic heterocycles. The quantitative estimate of drug-likeness (QED) is 0.700. The fourth-order valence-electron chi connectivity index (χ4n) is 3.90. The zero-order chi connectivity index (χ0) is 17.6. The van der Waals surface area contributed by atoms with E-state index < -0.39 is 5.79 Å². The minimum Gasteiger partial charge on any atom is -0.393 e. The largest absolute Gasteiger partial charge is 0.393 e. The molecule has 0 aliphatic carbocycles. The van der Waals surface area contributed by atoms with Gasteiger partial charge in [-0.1, -0.05) is 33.6 Å². The van der Waals surface area contributed by atoms with Crippen LogP contribution in [0.1, 0.15) is 85.5 Å². The van der Waals surface area contributed by atoms with Gasteiger partial charge < -0.3 is 19.9 Å². The molecule has 2 heterocycles. The van der Waals surface area contributed by atoms with Gasteiger partial charge in [0.05, 0.1) is 19.3 Å². The van der Waals surface area contributed by atoms with E-state index in [1.54, 1.807) is 0 Å². The van der Waals surface area contributed by atoms with Crippen LogP contribution in [0.2, 0.25) is 0 Å². The molecule has 0 aromatic rings. The third kappa shape index (κ3) is 6.62. The average Bonchev–Trinajstić information content (AvgIpc) is 2.51. The van der Waals surface area contributed by atoms with Crippen molar-refractivity contribution < 1.29 is 14.6 Å². The molecule has 0 unspecified atom stereocenters. The van der Waals surface area contributed by atoms with E-state index in [0.717, 1.165) is 45.3 Å². The Morgan fingerprint density at radius 2 is 1.79 bits per heavy atom. The van der Waals surface area contributed by atoms with Gasteiger partial charge in [0, 0.05) is 23.9 Å². The van der Waals surface area contributed by atoms with E-state index in [4.69, 9.17) is 9.47 Å². The summed E-state index contributed by atoms with van der Waals surface area (Å²) in [6.07, 6.45) is 9.75. The van der Waals surface area contributed by atoms with Crippen LogP contribution in [0.3, 0.4) is 0 Å². The Kier molecular flexibility index (Phi) is 7.54. The highest BCUT2D eigenvalue weighted by Crippen LogP contribution is 2.32. The second-order valence-electron chi connectivity index (χ2n) is 8.94. The SMILES string of the molecule is CCC[C@@H](O)C[C@@H]1CCC[C@@H](CCCC2(C)OCC(C)(C)CO2)N1. The van der Waals surface area contributed by atoms with E-state index in [-0.39, 0.29) is 11.5 Å².